The van der Waals surface area contributed by atoms with Gasteiger partial charge in [-0.2, -0.15) is 0 Å². The highest BCUT2D eigenvalue weighted by Gasteiger charge is 1.88. The Kier molecular flexibility index (Phi) is 9.30. The first-order valence-electron chi connectivity index (χ1n) is 1.79. The van der Waals surface area contributed by atoms with E-state index < -0.39 is 0 Å². The number of rotatable bonds is 0. The maximum absolute atomic E-state index is 2.12. The van der Waals surface area contributed by atoms with Crippen molar-refractivity contribution in [2.75, 3.05) is 28.2 Å². The molecule has 1 nitrogen and oxygen atoms in total. The molecule has 0 N–H and O–H groups in total. The van der Waals surface area contributed by atoms with Crippen LogP contribution >= 0.6 is 0 Å². The van der Waals surface area contributed by atoms with Gasteiger partial charge in [-0.1, -0.05) is 14.9 Å². The minimum absolute atomic E-state index is 0. The highest BCUT2D eigenvalue weighted by molar-refractivity contribution is 3.87. The topological polar surface area (TPSA) is 0 Å². The zero-order valence-corrected chi connectivity index (χ0v) is 4.45. The predicted octanol–water partition coefficient (Wildman–Crippen LogP) is 1.59. The monoisotopic (exact) mass is 106 g/mol. The zero-order chi connectivity index (χ0) is 4.50. The van der Waals surface area contributed by atoms with E-state index in [1.807, 2.05) is 0 Å². The Bertz CT molecular complexity index is 19.7. The van der Waals surface area contributed by atoms with Crippen molar-refractivity contribution >= 4 is 0 Å². The van der Waals surface area contributed by atoms with Crippen LogP contribution in [0.1, 0.15) is 14.9 Å². The van der Waals surface area contributed by atoms with Crippen LogP contribution in [-0.2, 0) is 0 Å². The van der Waals surface area contributed by atoms with Crippen molar-refractivity contribution in [3.8, 4) is 0 Å². The van der Waals surface area contributed by atoms with Crippen molar-refractivity contribution in [2.24, 2.45) is 0 Å². The molecule has 0 aliphatic rings. The molecule has 48 valence electrons. The molecule has 0 aromatic rings. The fourth-order valence-corrected chi connectivity index (χ4v) is 0. The third-order valence-corrected chi connectivity index (χ3v) is 0. The molecular weight excluding hydrogens is 86.1 g/mol. The first kappa shape index (κ1) is 15.8. The van der Waals surface area contributed by atoms with Crippen LogP contribution in [0.4, 0.5) is 0 Å². The van der Waals surface area contributed by atoms with E-state index in [4.69, 9.17) is 0 Å². The molecule has 0 aliphatic carbocycles. The number of nitrogens with zero attached hydrogens (tertiary/aromatic N) is 1. The first-order valence-corrected chi connectivity index (χ1v) is 1.79. The molecular formula is C6H20N+. The molecule has 0 bridgehead atoms. The van der Waals surface area contributed by atoms with Gasteiger partial charge in [0.15, 0.2) is 0 Å². The van der Waals surface area contributed by atoms with Gasteiger partial charge in [-0.3, -0.25) is 0 Å². The summed E-state index contributed by atoms with van der Waals surface area (Å²) in [6.07, 6.45) is 0. The van der Waals surface area contributed by atoms with Gasteiger partial charge in [0, 0.05) is 0 Å². The fraction of sp³-hybridized carbons (Fsp3) is 1.00. The summed E-state index contributed by atoms with van der Waals surface area (Å²) in [6.45, 7) is 0. The molecule has 0 atom stereocenters. The molecule has 0 unspecified atom stereocenters. The first-order chi connectivity index (χ1) is 2.00. The average Bonchev–Trinajstić information content (AvgIpc) is 0.722. The summed E-state index contributed by atoms with van der Waals surface area (Å²) >= 11 is 0. The molecule has 0 rings (SSSR count). The summed E-state index contributed by atoms with van der Waals surface area (Å²) in [6, 6.07) is 0. The van der Waals surface area contributed by atoms with Crippen LogP contribution in [0.25, 0.3) is 0 Å². The van der Waals surface area contributed by atoms with Gasteiger partial charge in [0.25, 0.3) is 0 Å². The summed E-state index contributed by atoms with van der Waals surface area (Å²) in [4.78, 5) is 0. The van der Waals surface area contributed by atoms with Gasteiger partial charge in [0.2, 0.25) is 0 Å². The second-order valence-corrected chi connectivity index (χ2v) is 2.68. The molecule has 0 heterocycles. The van der Waals surface area contributed by atoms with Crippen LogP contribution in [0.2, 0.25) is 0 Å². The SMILES string of the molecule is C.C.C[N+](C)(C)C. The van der Waals surface area contributed by atoms with Gasteiger partial charge in [-0.25, -0.2) is 0 Å². The average molecular weight is 106 g/mol. The molecule has 0 amide bonds. The predicted molar refractivity (Wildman–Crippen MR) is 37.4 cm³/mol. The molecule has 0 aliphatic heterocycles. The quantitative estimate of drug-likeness (QED) is 0.411. The van der Waals surface area contributed by atoms with Gasteiger partial charge in [-0.05, 0) is 0 Å². The lowest BCUT2D eigenvalue weighted by Gasteiger charge is -2.14. The van der Waals surface area contributed by atoms with E-state index in [9.17, 15) is 0 Å². The van der Waals surface area contributed by atoms with Crippen molar-refractivity contribution in [2.45, 2.75) is 14.9 Å². The molecule has 0 saturated carbocycles. The zero-order valence-electron chi connectivity index (χ0n) is 4.45. The Labute approximate surface area is 48.5 Å². The van der Waals surface area contributed by atoms with Gasteiger partial charge in [0.05, 0.1) is 28.2 Å². The van der Waals surface area contributed by atoms with E-state index in [1.165, 1.54) is 0 Å². The number of hydrogen-bond donors (Lipinski definition) is 0. The Morgan fingerprint density at radius 3 is 0.714 bits per heavy atom. The Morgan fingerprint density at radius 2 is 0.714 bits per heavy atom. The lowest BCUT2D eigenvalue weighted by atomic mass is 10.8. The van der Waals surface area contributed by atoms with E-state index in [1.54, 1.807) is 0 Å². The number of quaternary nitrogens is 1. The van der Waals surface area contributed by atoms with Gasteiger partial charge < -0.3 is 4.48 Å². The van der Waals surface area contributed by atoms with Gasteiger partial charge in [0.1, 0.15) is 0 Å². The molecule has 1 heteroatoms. The Hall–Kier alpha value is -0.0400. The maximum Gasteiger partial charge on any atom is 0.0675 e. The van der Waals surface area contributed by atoms with Crippen molar-refractivity contribution in [3.05, 3.63) is 0 Å². The van der Waals surface area contributed by atoms with Crippen molar-refractivity contribution < 1.29 is 4.48 Å². The summed E-state index contributed by atoms with van der Waals surface area (Å²) in [5.41, 5.74) is 0. The summed E-state index contributed by atoms with van der Waals surface area (Å²) in [5, 5.41) is 0. The van der Waals surface area contributed by atoms with Crippen LogP contribution < -0.4 is 0 Å². The molecule has 0 radical (unpaired) electrons. The lowest BCUT2D eigenvalue weighted by molar-refractivity contribution is -0.849. The Balaban J connectivity index is -0.0000000800. The maximum atomic E-state index is 2.12. The standard InChI is InChI=1S/C4H12N.2CH4/c1-5(2,3)4;;/h1-4H3;2*1H4/q+1;;. The van der Waals surface area contributed by atoms with Crippen LogP contribution in [0.3, 0.4) is 0 Å². The van der Waals surface area contributed by atoms with E-state index in [0.29, 0.717) is 0 Å². The molecule has 0 aromatic heterocycles. The highest BCUT2D eigenvalue weighted by atomic mass is 15.2. The van der Waals surface area contributed by atoms with E-state index in [0.717, 1.165) is 4.48 Å². The van der Waals surface area contributed by atoms with Crippen molar-refractivity contribution in [3.63, 3.8) is 0 Å². The van der Waals surface area contributed by atoms with Crippen molar-refractivity contribution in [1.29, 1.82) is 0 Å². The van der Waals surface area contributed by atoms with E-state index >= 15 is 0 Å². The second-order valence-electron chi connectivity index (χ2n) is 2.68. The van der Waals surface area contributed by atoms with Gasteiger partial charge in [-0.15, -0.1) is 0 Å². The van der Waals surface area contributed by atoms with Gasteiger partial charge >= 0.3 is 0 Å². The minimum Gasteiger partial charge on any atom is -0.333 e. The highest BCUT2D eigenvalue weighted by Crippen LogP contribution is 1.73. The third kappa shape index (κ3) is 58400. The summed E-state index contributed by atoms with van der Waals surface area (Å²) in [5.74, 6) is 0. The normalized spacial score (nSPS) is 8.57. The molecule has 0 fully saturated rings. The largest absolute Gasteiger partial charge is 0.333 e. The Morgan fingerprint density at radius 1 is 0.714 bits per heavy atom. The van der Waals surface area contributed by atoms with Crippen molar-refractivity contribution in [1.82, 2.24) is 0 Å². The van der Waals surface area contributed by atoms with Crippen LogP contribution in [-0.4, -0.2) is 32.7 Å². The second kappa shape index (κ2) is 4.13. The molecule has 0 aromatic carbocycles. The third-order valence-electron chi connectivity index (χ3n) is 0. The molecule has 0 saturated heterocycles. The fourth-order valence-electron chi connectivity index (χ4n) is 0. The van der Waals surface area contributed by atoms with E-state index in [2.05, 4.69) is 28.2 Å². The van der Waals surface area contributed by atoms with Crippen LogP contribution in [0, 0.1) is 0 Å². The summed E-state index contributed by atoms with van der Waals surface area (Å²) < 4.78 is 1.00. The number of hydrogen-bond acceptors (Lipinski definition) is 0. The summed E-state index contributed by atoms with van der Waals surface area (Å²) in [7, 11) is 8.50. The molecule has 7 heavy (non-hydrogen) atoms. The smallest absolute Gasteiger partial charge is 0.0675 e. The van der Waals surface area contributed by atoms with Crippen LogP contribution in [0.15, 0.2) is 0 Å². The molecule has 0 spiro atoms. The van der Waals surface area contributed by atoms with Crippen LogP contribution in [0.5, 0.6) is 0 Å². The lowest BCUT2D eigenvalue weighted by Crippen LogP contribution is -2.27. The van der Waals surface area contributed by atoms with E-state index in [-0.39, 0.29) is 14.9 Å². The minimum atomic E-state index is 0.